The maximum Gasteiger partial charge on any atom is 0.248 e. The van der Waals surface area contributed by atoms with Crippen LogP contribution in [0.15, 0.2) is 36.4 Å². The Balaban J connectivity index is 2.17. The van der Waals surface area contributed by atoms with E-state index in [0.717, 1.165) is 17.7 Å². The number of carbonyl (C=O) groups excluding carboxylic acids is 1. The number of hydrogen-bond donors (Lipinski definition) is 2. The number of anilines is 1. The molecule has 3 N–H and O–H groups in total. The van der Waals surface area contributed by atoms with E-state index in [1.807, 2.05) is 19.1 Å². The smallest absolute Gasteiger partial charge is 0.248 e. The fraction of sp³-hybridized carbons (Fsp3) is 0.235. The highest BCUT2D eigenvalue weighted by Crippen LogP contribution is 2.21. The van der Waals surface area contributed by atoms with Crippen LogP contribution in [0.1, 0.15) is 32.6 Å². The van der Waals surface area contributed by atoms with E-state index in [-0.39, 0.29) is 5.91 Å². The standard InChI is InChI=1S/C17H20N2O/c1-11-5-4-6-12(2)16(11)19-10-15-8-7-14(17(18)20)9-13(15)3/h4-9,19H,10H2,1-3H3,(H2,18,20). The molecule has 3 heteroatoms. The van der Waals surface area contributed by atoms with Gasteiger partial charge in [-0.25, -0.2) is 0 Å². The van der Waals surface area contributed by atoms with Gasteiger partial charge in [-0.15, -0.1) is 0 Å². The van der Waals surface area contributed by atoms with E-state index in [2.05, 4.69) is 37.4 Å². The molecule has 1 amide bonds. The number of amides is 1. The predicted molar refractivity (Wildman–Crippen MR) is 82.9 cm³/mol. The van der Waals surface area contributed by atoms with E-state index in [0.29, 0.717) is 5.56 Å². The number of benzene rings is 2. The van der Waals surface area contributed by atoms with Crippen molar-refractivity contribution in [2.24, 2.45) is 5.73 Å². The van der Waals surface area contributed by atoms with Crippen molar-refractivity contribution in [2.75, 3.05) is 5.32 Å². The molecule has 0 heterocycles. The first-order valence-electron chi connectivity index (χ1n) is 6.68. The molecule has 0 radical (unpaired) electrons. The highest BCUT2D eigenvalue weighted by Gasteiger charge is 2.06. The van der Waals surface area contributed by atoms with E-state index >= 15 is 0 Å². The molecule has 0 fully saturated rings. The van der Waals surface area contributed by atoms with Gasteiger partial charge in [-0.3, -0.25) is 4.79 Å². The Kier molecular flexibility index (Phi) is 4.08. The van der Waals surface area contributed by atoms with E-state index in [1.165, 1.54) is 16.8 Å². The van der Waals surface area contributed by atoms with Crippen LogP contribution in [0.5, 0.6) is 0 Å². The first kappa shape index (κ1) is 14.1. The summed E-state index contributed by atoms with van der Waals surface area (Å²) in [5, 5.41) is 3.47. The average molecular weight is 268 g/mol. The summed E-state index contributed by atoms with van der Waals surface area (Å²) in [5.74, 6) is -0.387. The zero-order chi connectivity index (χ0) is 14.7. The number of nitrogens with two attached hydrogens (primary N) is 1. The minimum Gasteiger partial charge on any atom is -0.381 e. The molecule has 0 saturated heterocycles. The summed E-state index contributed by atoms with van der Waals surface area (Å²) < 4.78 is 0. The summed E-state index contributed by atoms with van der Waals surface area (Å²) >= 11 is 0. The minimum atomic E-state index is -0.387. The lowest BCUT2D eigenvalue weighted by Crippen LogP contribution is -2.12. The van der Waals surface area contributed by atoms with Crippen LogP contribution in [0.4, 0.5) is 5.69 Å². The molecule has 104 valence electrons. The zero-order valence-corrected chi connectivity index (χ0v) is 12.2. The van der Waals surface area contributed by atoms with Crippen molar-refractivity contribution in [3.63, 3.8) is 0 Å². The lowest BCUT2D eigenvalue weighted by Gasteiger charge is -2.14. The summed E-state index contributed by atoms with van der Waals surface area (Å²) in [4.78, 5) is 11.1. The van der Waals surface area contributed by atoms with Crippen molar-refractivity contribution in [3.05, 3.63) is 64.2 Å². The van der Waals surface area contributed by atoms with Gasteiger partial charge in [-0.2, -0.15) is 0 Å². The number of primary amides is 1. The summed E-state index contributed by atoms with van der Waals surface area (Å²) in [6.07, 6.45) is 0. The topological polar surface area (TPSA) is 55.1 Å². The summed E-state index contributed by atoms with van der Waals surface area (Å²) in [7, 11) is 0. The number of nitrogens with one attached hydrogen (secondary N) is 1. The molecule has 0 aliphatic rings. The van der Waals surface area contributed by atoms with Crippen LogP contribution in [0.3, 0.4) is 0 Å². The Morgan fingerprint density at radius 1 is 1.05 bits per heavy atom. The van der Waals surface area contributed by atoms with Crippen molar-refractivity contribution in [1.82, 2.24) is 0 Å². The molecule has 2 rings (SSSR count). The number of carbonyl (C=O) groups is 1. The third kappa shape index (κ3) is 2.99. The van der Waals surface area contributed by atoms with Gasteiger partial charge in [0.2, 0.25) is 5.91 Å². The Morgan fingerprint density at radius 2 is 1.70 bits per heavy atom. The van der Waals surface area contributed by atoms with Crippen molar-refractivity contribution in [2.45, 2.75) is 27.3 Å². The molecule has 0 unspecified atom stereocenters. The molecule has 0 bridgehead atoms. The largest absolute Gasteiger partial charge is 0.381 e. The monoisotopic (exact) mass is 268 g/mol. The summed E-state index contributed by atoms with van der Waals surface area (Å²) in [5.41, 5.74) is 11.7. The molecule has 0 saturated carbocycles. The third-order valence-electron chi connectivity index (χ3n) is 3.56. The van der Waals surface area contributed by atoms with E-state index < -0.39 is 0 Å². The van der Waals surface area contributed by atoms with E-state index in [4.69, 9.17) is 5.73 Å². The van der Waals surface area contributed by atoms with Crippen molar-refractivity contribution in [3.8, 4) is 0 Å². The lowest BCUT2D eigenvalue weighted by atomic mass is 10.0. The molecular formula is C17H20N2O. The fourth-order valence-electron chi connectivity index (χ4n) is 2.32. The Hall–Kier alpha value is -2.29. The second-order valence-electron chi connectivity index (χ2n) is 5.13. The van der Waals surface area contributed by atoms with Crippen LogP contribution in [-0.4, -0.2) is 5.91 Å². The Labute approximate surface area is 119 Å². The predicted octanol–water partition coefficient (Wildman–Crippen LogP) is 3.32. The summed E-state index contributed by atoms with van der Waals surface area (Å²) in [6.45, 7) is 6.92. The van der Waals surface area contributed by atoms with Crippen molar-refractivity contribution in [1.29, 1.82) is 0 Å². The third-order valence-corrected chi connectivity index (χ3v) is 3.56. The van der Waals surface area contributed by atoms with Gasteiger partial charge in [0.1, 0.15) is 0 Å². The van der Waals surface area contributed by atoms with Crippen LogP contribution in [0, 0.1) is 20.8 Å². The normalized spacial score (nSPS) is 10.3. The molecule has 2 aromatic carbocycles. The molecule has 0 atom stereocenters. The van der Waals surface area contributed by atoms with Crippen LogP contribution >= 0.6 is 0 Å². The van der Waals surface area contributed by atoms with Gasteiger partial charge in [0.25, 0.3) is 0 Å². The minimum absolute atomic E-state index is 0.387. The van der Waals surface area contributed by atoms with Gasteiger partial charge in [-0.1, -0.05) is 24.3 Å². The van der Waals surface area contributed by atoms with Gasteiger partial charge < -0.3 is 11.1 Å². The van der Waals surface area contributed by atoms with Crippen LogP contribution < -0.4 is 11.1 Å². The molecule has 2 aromatic rings. The van der Waals surface area contributed by atoms with Gasteiger partial charge in [-0.05, 0) is 55.2 Å². The highest BCUT2D eigenvalue weighted by atomic mass is 16.1. The SMILES string of the molecule is Cc1cc(C(N)=O)ccc1CNc1c(C)cccc1C. The highest BCUT2D eigenvalue weighted by molar-refractivity contribution is 5.93. The molecule has 0 spiro atoms. The number of para-hydroxylation sites is 1. The molecule has 20 heavy (non-hydrogen) atoms. The molecule has 3 nitrogen and oxygen atoms in total. The van der Waals surface area contributed by atoms with E-state index in [9.17, 15) is 4.79 Å². The maximum atomic E-state index is 11.1. The lowest BCUT2D eigenvalue weighted by molar-refractivity contribution is 0.1000. The molecule has 0 aliphatic heterocycles. The van der Waals surface area contributed by atoms with E-state index in [1.54, 1.807) is 6.07 Å². The summed E-state index contributed by atoms with van der Waals surface area (Å²) in [6, 6.07) is 11.8. The quantitative estimate of drug-likeness (QED) is 0.893. The number of rotatable bonds is 4. The Bertz CT molecular complexity index is 627. The fourth-order valence-corrected chi connectivity index (χ4v) is 2.32. The second-order valence-corrected chi connectivity index (χ2v) is 5.13. The van der Waals surface area contributed by atoms with Gasteiger partial charge in [0.15, 0.2) is 0 Å². The van der Waals surface area contributed by atoms with Gasteiger partial charge in [0, 0.05) is 17.8 Å². The number of hydrogen-bond acceptors (Lipinski definition) is 2. The zero-order valence-electron chi connectivity index (χ0n) is 12.2. The number of aryl methyl sites for hydroxylation is 3. The maximum absolute atomic E-state index is 11.1. The van der Waals surface area contributed by atoms with Crippen LogP contribution in [0.2, 0.25) is 0 Å². The van der Waals surface area contributed by atoms with Crippen LogP contribution in [0.25, 0.3) is 0 Å². The van der Waals surface area contributed by atoms with Gasteiger partial charge >= 0.3 is 0 Å². The molecule has 0 aliphatic carbocycles. The van der Waals surface area contributed by atoms with Crippen molar-refractivity contribution < 1.29 is 4.79 Å². The molecular weight excluding hydrogens is 248 g/mol. The first-order valence-corrected chi connectivity index (χ1v) is 6.68. The van der Waals surface area contributed by atoms with Crippen molar-refractivity contribution >= 4 is 11.6 Å². The molecule has 0 aromatic heterocycles. The average Bonchev–Trinajstić information content (AvgIpc) is 2.39. The second kappa shape index (κ2) is 5.78. The Morgan fingerprint density at radius 3 is 2.25 bits per heavy atom. The van der Waals surface area contributed by atoms with Crippen LogP contribution in [-0.2, 0) is 6.54 Å². The van der Waals surface area contributed by atoms with Gasteiger partial charge in [0.05, 0.1) is 0 Å². The first-order chi connectivity index (χ1) is 9.49.